The van der Waals surface area contributed by atoms with Gasteiger partial charge in [0, 0.05) is 0 Å². The van der Waals surface area contributed by atoms with Gasteiger partial charge in [-0.1, -0.05) is 30.4 Å². The maximum atomic E-state index is 5.46. The molecule has 0 radical (unpaired) electrons. The summed E-state index contributed by atoms with van der Waals surface area (Å²) in [5.74, 6) is 0. The van der Waals surface area contributed by atoms with Gasteiger partial charge in [0.2, 0.25) is 0 Å². The fourth-order valence-electron chi connectivity index (χ4n) is 1.09. The van der Waals surface area contributed by atoms with Gasteiger partial charge < -0.3 is 0 Å². The lowest BCUT2D eigenvalue weighted by Gasteiger charge is -2.21. The van der Waals surface area contributed by atoms with Gasteiger partial charge >= 0.3 is 0 Å². The quantitative estimate of drug-likeness (QED) is 0.504. The Morgan fingerprint density at radius 2 is 1.86 bits per heavy atom. The highest BCUT2D eigenvalue weighted by atomic mass is 16.7. The molecule has 74 valence electrons. The second-order valence-corrected chi connectivity index (χ2v) is 2.77. The summed E-state index contributed by atoms with van der Waals surface area (Å²) >= 11 is 0. The van der Waals surface area contributed by atoms with Crippen molar-refractivity contribution in [3.05, 3.63) is 55.6 Å². The second-order valence-electron chi connectivity index (χ2n) is 2.77. The van der Waals surface area contributed by atoms with E-state index >= 15 is 0 Å². The van der Waals surface area contributed by atoms with Gasteiger partial charge in [-0.25, -0.2) is 0 Å². The van der Waals surface area contributed by atoms with Crippen LogP contribution >= 0.6 is 0 Å². The minimum absolute atomic E-state index is 0.503. The van der Waals surface area contributed by atoms with E-state index in [2.05, 4.69) is 13.2 Å². The molecule has 0 heterocycles. The zero-order chi connectivity index (χ0) is 10.2. The molecule has 0 aliphatic rings. The molecule has 0 amide bonds. The van der Waals surface area contributed by atoms with E-state index in [4.69, 9.17) is 4.84 Å². The van der Waals surface area contributed by atoms with E-state index in [1.165, 1.54) is 0 Å². The molecule has 14 heavy (non-hydrogen) atoms. The number of para-hydroxylation sites is 1. The molecule has 0 fully saturated rings. The van der Waals surface area contributed by atoms with Gasteiger partial charge in [-0.05, 0) is 12.1 Å². The Hall–Kier alpha value is -1.54. The summed E-state index contributed by atoms with van der Waals surface area (Å²) in [6.45, 7) is 8.46. The highest BCUT2D eigenvalue weighted by molar-refractivity contribution is 5.43. The summed E-state index contributed by atoms with van der Waals surface area (Å²) in [5.41, 5.74) is 1.02. The van der Waals surface area contributed by atoms with Crippen LogP contribution in [0.1, 0.15) is 0 Å². The Morgan fingerprint density at radius 3 is 2.43 bits per heavy atom. The molecule has 2 heteroatoms. The van der Waals surface area contributed by atoms with Crippen LogP contribution < -0.4 is 5.06 Å². The highest BCUT2D eigenvalue weighted by Crippen LogP contribution is 2.13. The van der Waals surface area contributed by atoms with E-state index in [0.29, 0.717) is 13.2 Å². The van der Waals surface area contributed by atoms with Gasteiger partial charge in [-0.3, -0.25) is 9.90 Å². The second kappa shape index (κ2) is 6.00. The molecule has 2 nitrogen and oxygen atoms in total. The monoisotopic (exact) mass is 189 g/mol. The van der Waals surface area contributed by atoms with Crippen molar-refractivity contribution >= 4 is 5.69 Å². The van der Waals surface area contributed by atoms with Gasteiger partial charge in [0.25, 0.3) is 0 Å². The molecular weight excluding hydrogens is 174 g/mol. The average Bonchev–Trinajstić information content (AvgIpc) is 2.25. The molecule has 0 aliphatic heterocycles. The van der Waals surface area contributed by atoms with Gasteiger partial charge in [0.15, 0.2) is 0 Å². The summed E-state index contributed by atoms with van der Waals surface area (Å²) in [5, 5.41) is 1.79. The summed E-state index contributed by atoms with van der Waals surface area (Å²) < 4.78 is 0. The fourth-order valence-corrected chi connectivity index (χ4v) is 1.09. The average molecular weight is 189 g/mol. The summed E-state index contributed by atoms with van der Waals surface area (Å²) in [6.07, 6.45) is 3.52. The lowest BCUT2D eigenvalue weighted by molar-refractivity contribution is 0.141. The Kier molecular flexibility index (Phi) is 4.51. The maximum absolute atomic E-state index is 5.46. The number of benzene rings is 1. The molecule has 1 rings (SSSR count). The molecule has 1 aromatic rings. The Labute approximate surface area is 85.1 Å². The van der Waals surface area contributed by atoms with E-state index < -0.39 is 0 Å². The van der Waals surface area contributed by atoms with Gasteiger partial charge in [-0.15, -0.1) is 13.2 Å². The lowest BCUT2D eigenvalue weighted by atomic mass is 10.3. The number of hydrogen-bond acceptors (Lipinski definition) is 2. The van der Waals surface area contributed by atoms with Crippen LogP contribution in [0.4, 0.5) is 5.69 Å². The van der Waals surface area contributed by atoms with Crippen LogP contribution in [0.15, 0.2) is 55.6 Å². The standard InChI is InChI=1S/C12H15NO/c1-3-10-13(14-11-4-2)12-8-6-5-7-9-12/h3-9H,1-2,10-11H2. The molecule has 0 atom stereocenters. The molecule has 0 spiro atoms. The summed E-state index contributed by atoms with van der Waals surface area (Å²) in [4.78, 5) is 5.46. The summed E-state index contributed by atoms with van der Waals surface area (Å²) in [7, 11) is 0. The van der Waals surface area contributed by atoms with Crippen molar-refractivity contribution in [2.45, 2.75) is 0 Å². The van der Waals surface area contributed by atoms with E-state index in [-0.39, 0.29) is 0 Å². The first-order valence-electron chi connectivity index (χ1n) is 4.55. The number of nitrogens with zero attached hydrogens (tertiary/aromatic N) is 1. The first-order chi connectivity index (χ1) is 6.88. The Morgan fingerprint density at radius 1 is 1.14 bits per heavy atom. The van der Waals surface area contributed by atoms with Crippen LogP contribution in [-0.2, 0) is 4.84 Å². The van der Waals surface area contributed by atoms with Gasteiger partial charge in [0.05, 0.1) is 18.8 Å². The summed E-state index contributed by atoms with van der Waals surface area (Å²) in [6, 6.07) is 9.91. The lowest BCUT2D eigenvalue weighted by Crippen LogP contribution is -2.23. The number of hydrogen-bond donors (Lipinski definition) is 0. The molecular formula is C12H15NO. The largest absolute Gasteiger partial charge is 0.269 e. The van der Waals surface area contributed by atoms with E-state index in [0.717, 1.165) is 5.69 Å². The van der Waals surface area contributed by atoms with Gasteiger partial charge in [0.1, 0.15) is 0 Å². The predicted octanol–water partition coefficient (Wildman–Crippen LogP) is 2.80. The third-order valence-corrected chi connectivity index (χ3v) is 1.69. The molecule has 0 bridgehead atoms. The van der Waals surface area contributed by atoms with Crippen LogP contribution in [0.5, 0.6) is 0 Å². The van der Waals surface area contributed by atoms with Crippen molar-refractivity contribution in [3.63, 3.8) is 0 Å². The number of rotatable bonds is 6. The van der Waals surface area contributed by atoms with Crippen LogP contribution in [0, 0.1) is 0 Å². The van der Waals surface area contributed by atoms with Crippen molar-refractivity contribution in [1.82, 2.24) is 0 Å². The Balaban J connectivity index is 2.66. The first-order valence-corrected chi connectivity index (χ1v) is 4.55. The topological polar surface area (TPSA) is 12.5 Å². The fraction of sp³-hybridized carbons (Fsp3) is 0.167. The van der Waals surface area contributed by atoms with Crippen LogP contribution in [0.2, 0.25) is 0 Å². The van der Waals surface area contributed by atoms with E-state index in [1.807, 2.05) is 30.3 Å². The third-order valence-electron chi connectivity index (χ3n) is 1.69. The predicted molar refractivity (Wildman–Crippen MR) is 60.1 cm³/mol. The highest BCUT2D eigenvalue weighted by Gasteiger charge is 2.02. The first kappa shape index (κ1) is 10.5. The molecule has 0 N–H and O–H groups in total. The number of hydroxylamine groups is 1. The maximum Gasteiger partial charge on any atom is 0.0927 e. The molecule has 0 aromatic heterocycles. The van der Waals surface area contributed by atoms with Crippen LogP contribution in [0.25, 0.3) is 0 Å². The molecule has 1 aromatic carbocycles. The zero-order valence-corrected chi connectivity index (χ0v) is 8.23. The van der Waals surface area contributed by atoms with E-state index in [1.54, 1.807) is 17.2 Å². The van der Waals surface area contributed by atoms with Gasteiger partial charge in [-0.2, -0.15) is 0 Å². The molecule has 0 saturated heterocycles. The molecule has 0 saturated carbocycles. The Bertz CT molecular complexity index is 282. The van der Waals surface area contributed by atoms with Crippen LogP contribution in [0.3, 0.4) is 0 Å². The van der Waals surface area contributed by atoms with Crippen molar-refractivity contribution in [2.75, 3.05) is 18.2 Å². The minimum Gasteiger partial charge on any atom is -0.269 e. The van der Waals surface area contributed by atoms with Crippen molar-refractivity contribution < 1.29 is 4.84 Å². The number of anilines is 1. The van der Waals surface area contributed by atoms with Crippen molar-refractivity contribution in [1.29, 1.82) is 0 Å². The van der Waals surface area contributed by atoms with Crippen LogP contribution in [-0.4, -0.2) is 13.2 Å². The third kappa shape index (κ3) is 3.07. The van der Waals surface area contributed by atoms with Crippen molar-refractivity contribution in [2.24, 2.45) is 0 Å². The molecule has 0 aliphatic carbocycles. The SMILES string of the molecule is C=CCON(CC=C)c1ccccc1. The van der Waals surface area contributed by atoms with Crippen molar-refractivity contribution in [3.8, 4) is 0 Å². The van der Waals surface area contributed by atoms with E-state index in [9.17, 15) is 0 Å². The smallest absolute Gasteiger partial charge is 0.0927 e. The minimum atomic E-state index is 0.503. The normalized spacial score (nSPS) is 9.43. The zero-order valence-electron chi connectivity index (χ0n) is 8.23. The molecule has 0 unspecified atom stereocenters.